The SMILES string of the molecule is CCCCCOC(=O)c1ccc(NC(=O)CCC(=O)OCC(=O)N[C@@H](C)c2ccccc2)cc1. The number of carbonyl (C=O) groups is 4. The van der Waals surface area contributed by atoms with Crippen LogP contribution in [-0.2, 0) is 23.9 Å². The lowest BCUT2D eigenvalue weighted by Crippen LogP contribution is -2.31. The molecule has 0 heterocycles. The molecule has 2 N–H and O–H groups in total. The average molecular weight is 469 g/mol. The third-order valence-electron chi connectivity index (χ3n) is 4.98. The minimum absolute atomic E-state index is 0.0951. The zero-order valence-electron chi connectivity index (χ0n) is 19.7. The van der Waals surface area contributed by atoms with Crippen molar-refractivity contribution in [3.63, 3.8) is 0 Å². The van der Waals surface area contributed by atoms with Crippen LogP contribution in [-0.4, -0.2) is 37.0 Å². The Morgan fingerprint density at radius 3 is 2.24 bits per heavy atom. The van der Waals surface area contributed by atoms with Crippen molar-refractivity contribution >= 4 is 29.4 Å². The third-order valence-corrected chi connectivity index (χ3v) is 4.98. The van der Waals surface area contributed by atoms with E-state index in [-0.39, 0.29) is 24.8 Å². The first-order chi connectivity index (χ1) is 16.4. The van der Waals surface area contributed by atoms with E-state index in [1.165, 1.54) is 0 Å². The Hall–Kier alpha value is -3.68. The lowest BCUT2D eigenvalue weighted by atomic mass is 10.1. The van der Waals surface area contributed by atoms with Gasteiger partial charge < -0.3 is 20.1 Å². The van der Waals surface area contributed by atoms with Crippen molar-refractivity contribution in [2.75, 3.05) is 18.5 Å². The van der Waals surface area contributed by atoms with E-state index >= 15 is 0 Å². The van der Waals surface area contributed by atoms with Gasteiger partial charge in [0.1, 0.15) is 0 Å². The van der Waals surface area contributed by atoms with Gasteiger partial charge >= 0.3 is 11.9 Å². The quantitative estimate of drug-likeness (QED) is 0.337. The number of anilines is 1. The topological polar surface area (TPSA) is 111 Å². The Kier molecular flexibility index (Phi) is 11.3. The van der Waals surface area contributed by atoms with E-state index in [1.54, 1.807) is 24.3 Å². The summed E-state index contributed by atoms with van der Waals surface area (Å²) in [4.78, 5) is 47.9. The molecular weight excluding hydrogens is 436 g/mol. The zero-order chi connectivity index (χ0) is 24.8. The molecule has 0 unspecified atom stereocenters. The van der Waals surface area contributed by atoms with E-state index in [1.807, 2.05) is 37.3 Å². The van der Waals surface area contributed by atoms with Crippen LogP contribution in [0.25, 0.3) is 0 Å². The minimum atomic E-state index is -0.640. The summed E-state index contributed by atoms with van der Waals surface area (Å²) in [5, 5.41) is 5.40. The van der Waals surface area contributed by atoms with E-state index in [2.05, 4.69) is 17.6 Å². The van der Waals surface area contributed by atoms with E-state index in [0.29, 0.717) is 17.9 Å². The molecule has 182 valence electrons. The maximum absolute atomic E-state index is 12.1. The van der Waals surface area contributed by atoms with Crippen LogP contribution < -0.4 is 10.6 Å². The van der Waals surface area contributed by atoms with Crippen LogP contribution in [0.4, 0.5) is 5.69 Å². The fraction of sp³-hybridized carbons (Fsp3) is 0.385. The average Bonchev–Trinajstić information content (AvgIpc) is 2.85. The molecule has 0 aromatic heterocycles. The number of amides is 2. The molecule has 0 radical (unpaired) electrons. The van der Waals surface area contributed by atoms with Gasteiger partial charge in [0.2, 0.25) is 5.91 Å². The van der Waals surface area contributed by atoms with Gasteiger partial charge in [-0.05, 0) is 43.2 Å². The van der Waals surface area contributed by atoms with Gasteiger partial charge in [-0.2, -0.15) is 0 Å². The number of benzene rings is 2. The normalized spacial score (nSPS) is 11.2. The van der Waals surface area contributed by atoms with Gasteiger partial charge in [0, 0.05) is 12.1 Å². The molecular formula is C26H32N2O6. The van der Waals surface area contributed by atoms with E-state index in [0.717, 1.165) is 24.8 Å². The van der Waals surface area contributed by atoms with E-state index in [9.17, 15) is 19.2 Å². The summed E-state index contributed by atoms with van der Waals surface area (Å²) in [6.45, 7) is 3.88. The molecule has 0 saturated heterocycles. The largest absolute Gasteiger partial charge is 0.462 e. The van der Waals surface area contributed by atoms with Gasteiger partial charge in [0.25, 0.3) is 5.91 Å². The Morgan fingerprint density at radius 2 is 1.56 bits per heavy atom. The maximum Gasteiger partial charge on any atom is 0.338 e. The summed E-state index contributed by atoms with van der Waals surface area (Å²) in [5.41, 5.74) is 1.84. The zero-order valence-corrected chi connectivity index (χ0v) is 19.7. The predicted molar refractivity (Wildman–Crippen MR) is 128 cm³/mol. The van der Waals surface area contributed by atoms with Crippen LogP contribution in [0.1, 0.15) is 67.9 Å². The molecule has 0 aliphatic rings. The fourth-order valence-corrected chi connectivity index (χ4v) is 3.06. The molecule has 8 heteroatoms. The van der Waals surface area contributed by atoms with Crippen molar-refractivity contribution < 1.29 is 28.7 Å². The Balaban J connectivity index is 1.65. The predicted octanol–water partition coefficient (Wildman–Crippen LogP) is 4.17. The van der Waals surface area contributed by atoms with Crippen LogP contribution in [0.5, 0.6) is 0 Å². The highest BCUT2D eigenvalue weighted by Crippen LogP contribution is 2.12. The molecule has 0 aliphatic heterocycles. The van der Waals surface area contributed by atoms with Gasteiger partial charge in [0.15, 0.2) is 6.61 Å². The second-order valence-electron chi connectivity index (χ2n) is 7.83. The van der Waals surface area contributed by atoms with Crippen molar-refractivity contribution in [2.45, 2.75) is 52.0 Å². The molecule has 2 aromatic rings. The minimum Gasteiger partial charge on any atom is -0.462 e. The standard InChI is InChI=1S/C26H32N2O6/c1-3-4-8-17-33-26(32)21-11-13-22(14-12-21)28-23(29)15-16-25(31)34-18-24(30)27-19(2)20-9-6-5-7-10-20/h5-7,9-14,19H,3-4,8,15-18H2,1-2H3,(H,27,30)(H,28,29)/t19-/m0/s1. The van der Waals surface area contributed by atoms with Gasteiger partial charge in [0.05, 0.1) is 24.6 Å². The summed E-state index contributed by atoms with van der Waals surface area (Å²) in [6, 6.07) is 15.5. The first kappa shape index (κ1) is 26.6. The molecule has 2 amide bonds. The number of unbranched alkanes of at least 4 members (excludes halogenated alkanes) is 2. The van der Waals surface area contributed by atoms with Crippen LogP contribution in [0.2, 0.25) is 0 Å². The van der Waals surface area contributed by atoms with Gasteiger partial charge in [-0.25, -0.2) is 4.79 Å². The molecule has 0 bridgehead atoms. The third kappa shape index (κ3) is 9.85. The van der Waals surface area contributed by atoms with Gasteiger partial charge in [-0.3, -0.25) is 14.4 Å². The number of esters is 2. The number of hydrogen-bond donors (Lipinski definition) is 2. The Bertz CT molecular complexity index is 944. The van der Waals surface area contributed by atoms with Crippen LogP contribution >= 0.6 is 0 Å². The van der Waals surface area contributed by atoms with Crippen molar-refractivity contribution in [1.29, 1.82) is 0 Å². The molecule has 0 aliphatic carbocycles. The molecule has 2 aromatic carbocycles. The highest BCUT2D eigenvalue weighted by atomic mass is 16.5. The van der Waals surface area contributed by atoms with Crippen molar-refractivity contribution in [3.05, 3.63) is 65.7 Å². The van der Waals surface area contributed by atoms with Gasteiger partial charge in [-0.1, -0.05) is 50.1 Å². The second-order valence-corrected chi connectivity index (χ2v) is 7.83. The fourth-order valence-electron chi connectivity index (χ4n) is 3.06. The molecule has 0 spiro atoms. The van der Waals surface area contributed by atoms with Crippen molar-refractivity contribution in [1.82, 2.24) is 5.32 Å². The molecule has 8 nitrogen and oxygen atoms in total. The summed E-state index contributed by atoms with van der Waals surface area (Å²) in [6.07, 6.45) is 2.63. The molecule has 0 saturated carbocycles. The molecule has 2 rings (SSSR count). The Morgan fingerprint density at radius 1 is 0.853 bits per heavy atom. The highest BCUT2D eigenvalue weighted by Gasteiger charge is 2.13. The summed E-state index contributed by atoms with van der Waals surface area (Å²) in [5.74, 6) is -1.84. The van der Waals surface area contributed by atoms with Crippen LogP contribution in [0.3, 0.4) is 0 Å². The number of carbonyl (C=O) groups excluding carboxylic acids is 4. The monoisotopic (exact) mass is 468 g/mol. The van der Waals surface area contributed by atoms with Crippen LogP contribution in [0.15, 0.2) is 54.6 Å². The lowest BCUT2D eigenvalue weighted by molar-refractivity contribution is -0.149. The molecule has 1 atom stereocenters. The van der Waals surface area contributed by atoms with Crippen LogP contribution in [0, 0.1) is 0 Å². The first-order valence-electron chi connectivity index (χ1n) is 11.5. The lowest BCUT2D eigenvalue weighted by Gasteiger charge is -2.14. The second kappa shape index (κ2) is 14.5. The summed E-state index contributed by atoms with van der Waals surface area (Å²) in [7, 11) is 0. The highest BCUT2D eigenvalue weighted by molar-refractivity contribution is 5.94. The summed E-state index contributed by atoms with van der Waals surface area (Å²) >= 11 is 0. The number of nitrogens with one attached hydrogen (secondary N) is 2. The van der Waals surface area contributed by atoms with Crippen molar-refractivity contribution in [2.24, 2.45) is 0 Å². The first-order valence-corrected chi connectivity index (χ1v) is 11.5. The number of rotatable bonds is 13. The van der Waals surface area contributed by atoms with E-state index < -0.39 is 24.5 Å². The number of hydrogen-bond acceptors (Lipinski definition) is 6. The Labute approximate surface area is 200 Å². The summed E-state index contributed by atoms with van der Waals surface area (Å²) < 4.78 is 10.1. The molecule has 34 heavy (non-hydrogen) atoms. The maximum atomic E-state index is 12.1. The number of ether oxygens (including phenoxy) is 2. The molecule has 0 fully saturated rings. The van der Waals surface area contributed by atoms with Gasteiger partial charge in [-0.15, -0.1) is 0 Å². The smallest absolute Gasteiger partial charge is 0.338 e. The van der Waals surface area contributed by atoms with Crippen molar-refractivity contribution in [3.8, 4) is 0 Å². The van der Waals surface area contributed by atoms with E-state index in [4.69, 9.17) is 9.47 Å².